The highest BCUT2D eigenvalue weighted by molar-refractivity contribution is 5.63. The van der Waals surface area contributed by atoms with E-state index in [-0.39, 0.29) is 6.04 Å². The van der Waals surface area contributed by atoms with Gasteiger partial charge in [0.25, 0.3) is 29.8 Å². The van der Waals surface area contributed by atoms with Gasteiger partial charge in [-0.1, -0.05) is 12.1 Å². The van der Waals surface area contributed by atoms with Crippen LogP contribution in [0.25, 0.3) is 0 Å². The van der Waals surface area contributed by atoms with Crippen molar-refractivity contribution in [3.63, 3.8) is 0 Å². The Kier molecular flexibility index (Phi) is 35.9. The molecule has 0 radical (unpaired) electrons. The molecule has 0 heterocycles. The third-order valence-electron chi connectivity index (χ3n) is 2.21. The van der Waals surface area contributed by atoms with Crippen LogP contribution in [0.5, 0.6) is 0 Å². The molecule has 0 fully saturated rings. The number of anilines is 1. The Balaban J connectivity index is -0.000000123. The summed E-state index contributed by atoms with van der Waals surface area (Å²) < 4.78 is 0. The van der Waals surface area contributed by atoms with Gasteiger partial charge in [-0.25, -0.2) is 0 Å². The molecule has 0 spiro atoms. The normalized spacial score (nSPS) is 9.00. The van der Waals surface area contributed by atoms with Crippen molar-refractivity contribution in [2.24, 2.45) is 11.5 Å². The molecule has 12 N–H and O–H groups in total. The van der Waals surface area contributed by atoms with Crippen LogP contribution < -0.4 is 22.5 Å². The average Bonchev–Trinajstić information content (AvgIpc) is 2.61. The Labute approximate surface area is 204 Å². The van der Waals surface area contributed by atoms with Gasteiger partial charge in [0, 0.05) is 66.0 Å². The van der Waals surface area contributed by atoms with Gasteiger partial charge in [0.1, 0.15) is 0 Å². The molecule has 14 nitrogen and oxygen atoms in total. The highest BCUT2D eigenvalue weighted by atomic mass is 16.4. The van der Waals surface area contributed by atoms with Gasteiger partial charge in [-0.05, 0) is 24.1 Å². The quantitative estimate of drug-likeness (QED) is 0.182. The number of carboxylic acid groups (broad SMARTS) is 5. The van der Waals surface area contributed by atoms with Gasteiger partial charge in [-0.2, -0.15) is 0 Å². The van der Waals surface area contributed by atoms with Crippen molar-refractivity contribution in [3.8, 4) is 0 Å². The van der Waals surface area contributed by atoms with Crippen LogP contribution in [0.2, 0.25) is 0 Å². The van der Waals surface area contributed by atoms with Crippen LogP contribution in [0, 0.1) is 0 Å². The molecule has 0 aliphatic heterocycles. The second-order valence-electron chi connectivity index (χ2n) is 6.29. The maximum atomic E-state index is 9.00. The zero-order chi connectivity index (χ0) is 29.0. The lowest BCUT2D eigenvalue weighted by Gasteiger charge is -2.12. The Hall–Kier alpha value is -3.75. The second kappa shape index (κ2) is 30.2. The number of nitrogens with one attached hydrogen (secondary N) is 1. The van der Waals surface area contributed by atoms with Crippen molar-refractivity contribution in [2.75, 3.05) is 25.4 Å². The lowest BCUT2D eigenvalue weighted by molar-refractivity contribution is -0.135. The van der Waals surface area contributed by atoms with E-state index in [4.69, 9.17) is 66.7 Å². The largest absolute Gasteiger partial charge is 0.481 e. The number of nitrogen functional groups attached to an aromatic ring is 1. The molecule has 0 saturated heterocycles. The molecule has 0 aromatic heterocycles. The standard InChI is InChI=1S/C11H20N4.5C2H4O2/c12-5-6-15-8-11(14)7-9-1-3-10(13)4-2-9;5*1-2(3)4/h1-4,11,15H,5-8,12-14H2;5*1H3,(H,3,4)/t11-;;;;;/m0...../s1. The minimum absolute atomic E-state index is 0.125. The van der Waals surface area contributed by atoms with Crippen LogP contribution in [0.15, 0.2) is 24.3 Å². The van der Waals surface area contributed by atoms with E-state index in [2.05, 4.69) is 5.32 Å². The third kappa shape index (κ3) is 104. The van der Waals surface area contributed by atoms with Gasteiger partial charge >= 0.3 is 0 Å². The number of rotatable bonds is 6. The van der Waals surface area contributed by atoms with Gasteiger partial charge in [-0.3, -0.25) is 24.0 Å². The summed E-state index contributed by atoms with van der Waals surface area (Å²) in [6, 6.07) is 7.95. The Morgan fingerprint density at radius 2 is 1.03 bits per heavy atom. The van der Waals surface area contributed by atoms with Crippen molar-refractivity contribution in [1.82, 2.24) is 5.32 Å². The number of aliphatic carboxylic acids is 5. The van der Waals surface area contributed by atoms with Crippen LogP contribution in [-0.4, -0.2) is 81.1 Å². The third-order valence-corrected chi connectivity index (χ3v) is 2.21. The van der Waals surface area contributed by atoms with E-state index in [0.717, 1.165) is 59.8 Å². The Morgan fingerprint density at radius 3 is 1.29 bits per heavy atom. The van der Waals surface area contributed by atoms with E-state index in [0.29, 0.717) is 6.54 Å². The molecule has 204 valence electrons. The van der Waals surface area contributed by atoms with Crippen molar-refractivity contribution in [3.05, 3.63) is 29.8 Å². The zero-order valence-electron chi connectivity index (χ0n) is 20.7. The summed E-state index contributed by atoms with van der Waals surface area (Å²) in [7, 11) is 0. The molecular weight excluding hydrogens is 468 g/mol. The average molecular weight is 509 g/mol. The van der Waals surface area contributed by atoms with Gasteiger partial charge in [0.05, 0.1) is 0 Å². The molecule has 0 saturated carbocycles. The van der Waals surface area contributed by atoms with Crippen molar-refractivity contribution in [2.45, 2.75) is 47.1 Å². The van der Waals surface area contributed by atoms with Crippen LogP contribution in [-0.2, 0) is 30.4 Å². The molecule has 14 heteroatoms. The van der Waals surface area contributed by atoms with E-state index in [9.17, 15) is 0 Å². The maximum Gasteiger partial charge on any atom is 0.300 e. The summed E-state index contributed by atoms with van der Waals surface area (Å²) in [5, 5.41) is 40.3. The fourth-order valence-corrected chi connectivity index (χ4v) is 1.42. The van der Waals surface area contributed by atoms with Crippen LogP contribution in [0.4, 0.5) is 5.69 Å². The Morgan fingerprint density at radius 1 is 0.743 bits per heavy atom. The predicted octanol–water partition coefficient (Wildman–Crippen LogP) is 0.141. The number of benzene rings is 1. The number of carbonyl (C=O) groups is 5. The fourth-order valence-electron chi connectivity index (χ4n) is 1.42. The lowest BCUT2D eigenvalue weighted by atomic mass is 10.1. The first-order valence-corrected chi connectivity index (χ1v) is 9.87. The highest BCUT2D eigenvalue weighted by Crippen LogP contribution is 2.06. The topological polar surface area (TPSA) is 277 Å². The molecule has 1 rings (SSSR count). The molecule has 0 aliphatic carbocycles. The van der Waals surface area contributed by atoms with Crippen molar-refractivity contribution in [1.29, 1.82) is 0 Å². The summed E-state index contributed by atoms with van der Waals surface area (Å²) >= 11 is 0. The molecule has 1 atom stereocenters. The van der Waals surface area contributed by atoms with Crippen LogP contribution in [0.3, 0.4) is 0 Å². The van der Waals surface area contributed by atoms with E-state index in [1.54, 1.807) is 0 Å². The number of hydrogen-bond acceptors (Lipinski definition) is 9. The van der Waals surface area contributed by atoms with E-state index in [1.807, 2.05) is 24.3 Å². The highest BCUT2D eigenvalue weighted by Gasteiger charge is 2.02. The molecule has 35 heavy (non-hydrogen) atoms. The van der Waals surface area contributed by atoms with Crippen LogP contribution in [0.1, 0.15) is 40.2 Å². The Bertz CT molecular complexity index is 608. The SMILES string of the molecule is CC(=O)O.CC(=O)O.CC(=O)O.CC(=O)O.CC(=O)O.NCCNC[C@@H](N)Cc1ccc(N)cc1. The first-order valence-electron chi connectivity index (χ1n) is 9.87. The summed E-state index contributed by atoms with van der Waals surface area (Å²) in [6.07, 6.45) is 0.859. The number of hydrogen-bond donors (Lipinski definition) is 9. The van der Waals surface area contributed by atoms with Crippen molar-refractivity contribution >= 4 is 35.5 Å². The molecule has 0 unspecified atom stereocenters. The lowest BCUT2D eigenvalue weighted by Crippen LogP contribution is -2.37. The van der Waals surface area contributed by atoms with Crippen molar-refractivity contribution < 1.29 is 49.5 Å². The van der Waals surface area contributed by atoms with Gasteiger partial charge in [-0.15, -0.1) is 0 Å². The molecule has 0 aliphatic rings. The molecule has 0 amide bonds. The predicted molar refractivity (Wildman–Crippen MR) is 131 cm³/mol. The minimum Gasteiger partial charge on any atom is -0.481 e. The second-order valence-corrected chi connectivity index (χ2v) is 6.29. The van der Waals surface area contributed by atoms with Gasteiger partial charge < -0.3 is 48.1 Å². The zero-order valence-corrected chi connectivity index (χ0v) is 20.7. The monoisotopic (exact) mass is 508 g/mol. The summed E-state index contributed by atoms with van der Waals surface area (Å²) in [6.45, 7) is 7.67. The first-order chi connectivity index (χ1) is 15.9. The van der Waals surface area contributed by atoms with Crippen LogP contribution >= 0.6 is 0 Å². The summed E-state index contributed by atoms with van der Waals surface area (Å²) in [4.78, 5) is 45.0. The minimum atomic E-state index is -0.833. The fraction of sp³-hybridized carbons (Fsp3) is 0.476. The molecule has 0 bridgehead atoms. The van der Waals surface area contributed by atoms with E-state index in [1.165, 1.54) is 5.56 Å². The summed E-state index contributed by atoms with van der Waals surface area (Å²) in [5.74, 6) is -4.17. The number of carboxylic acids is 5. The number of nitrogens with two attached hydrogens (primary N) is 3. The first kappa shape index (κ1) is 41.5. The molecular formula is C21H40N4O10. The van der Waals surface area contributed by atoms with Gasteiger partial charge in [0.2, 0.25) is 0 Å². The van der Waals surface area contributed by atoms with Gasteiger partial charge in [0.15, 0.2) is 0 Å². The maximum absolute atomic E-state index is 9.00. The van der Waals surface area contributed by atoms with E-state index < -0.39 is 29.8 Å². The molecule has 1 aromatic rings. The summed E-state index contributed by atoms with van der Waals surface area (Å²) in [5.41, 5.74) is 18.9. The molecule has 1 aromatic carbocycles. The van der Waals surface area contributed by atoms with E-state index >= 15 is 0 Å². The smallest absolute Gasteiger partial charge is 0.300 e.